The van der Waals surface area contributed by atoms with Crippen LogP contribution in [0.1, 0.15) is 52.5 Å². The molecule has 8 nitrogen and oxygen atoms in total. The summed E-state index contributed by atoms with van der Waals surface area (Å²) in [4.78, 5) is 26.1. The van der Waals surface area contributed by atoms with Crippen molar-refractivity contribution in [2.45, 2.75) is 45.3 Å². The second kappa shape index (κ2) is 9.57. The summed E-state index contributed by atoms with van der Waals surface area (Å²) in [6.45, 7) is 5.18. The first kappa shape index (κ1) is 24.3. The number of benzene rings is 1. The first-order valence-corrected chi connectivity index (χ1v) is 12.3. The van der Waals surface area contributed by atoms with Crippen LogP contribution in [-0.2, 0) is 0 Å². The van der Waals surface area contributed by atoms with Crippen LogP contribution in [0.5, 0.6) is 0 Å². The van der Waals surface area contributed by atoms with Crippen molar-refractivity contribution in [1.29, 1.82) is 0 Å². The Labute approximate surface area is 208 Å². The fourth-order valence-electron chi connectivity index (χ4n) is 5.34. The zero-order valence-corrected chi connectivity index (χ0v) is 20.7. The summed E-state index contributed by atoms with van der Waals surface area (Å²) in [6.07, 6.45) is 5.67. The molecule has 0 unspecified atom stereocenters. The van der Waals surface area contributed by atoms with Crippen LogP contribution in [0, 0.1) is 31.4 Å². The van der Waals surface area contributed by atoms with Gasteiger partial charge in [-0.05, 0) is 50.8 Å². The molecule has 1 amide bonds. The number of amides is 1. The largest absolute Gasteiger partial charge is 0.391 e. The maximum atomic E-state index is 13.9. The average molecular weight is 497 g/mol. The van der Waals surface area contributed by atoms with Crippen LogP contribution in [0.15, 0.2) is 29.4 Å². The number of carbonyl (C=O) groups is 1. The van der Waals surface area contributed by atoms with E-state index in [0.717, 1.165) is 42.8 Å². The summed E-state index contributed by atoms with van der Waals surface area (Å²) in [5, 5.41) is 15.1. The molecule has 2 aromatic heterocycles. The van der Waals surface area contributed by atoms with Crippen LogP contribution >= 0.6 is 0 Å². The maximum Gasteiger partial charge on any atom is 0.254 e. The fraction of sp³-hybridized carbons (Fsp3) is 0.462. The molecular weight excluding hydrogens is 466 g/mol. The Morgan fingerprint density at radius 3 is 2.69 bits per heavy atom. The number of aliphatic hydroxyl groups excluding tert-OH is 1. The molecular formula is C26H30F2N6O2. The van der Waals surface area contributed by atoms with Gasteiger partial charge in [0.25, 0.3) is 5.91 Å². The van der Waals surface area contributed by atoms with Gasteiger partial charge in [-0.2, -0.15) is 5.10 Å². The third-order valence-electron chi connectivity index (χ3n) is 7.20. The number of hydrogen-bond donors (Lipinski definition) is 1. The number of aliphatic imine (C=N–C) groups is 1. The summed E-state index contributed by atoms with van der Waals surface area (Å²) in [7, 11) is 1.70. The van der Waals surface area contributed by atoms with Crippen molar-refractivity contribution < 1.29 is 18.7 Å². The molecule has 4 heterocycles. The number of β-amino-alcohol motifs (C(OH)–C–C–N with tert-alkyl or cyclic N) is 1. The molecule has 2 aliphatic rings. The second-order valence-corrected chi connectivity index (χ2v) is 9.75. The van der Waals surface area contributed by atoms with Gasteiger partial charge in [0.2, 0.25) is 0 Å². The molecule has 5 rings (SSSR count). The third-order valence-corrected chi connectivity index (χ3v) is 7.20. The molecule has 2 aliphatic heterocycles. The van der Waals surface area contributed by atoms with Gasteiger partial charge in [0.05, 0.1) is 17.8 Å². The molecule has 3 atom stereocenters. The normalized spacial score (nSPS) is 22.8. The number of rotatable bonds is 4. The van der Waals surface area contributed by atoms with Gasteiger partial charge in [0.1, 0.15) is 5.82 Å². The van der Waals surface area contributed by atoms with Crippen LogP contribution in [-0.4, -0.2) is 69.5 Å². The van der Waals surface area contributed by atoms with E-state index in [2.05, 4.69) is 9.89 Å². The molecule has 2 fully saturated rings. The topological polar surface area (TPSA) is 86.3 Å². The Kier molecular flexibility index (Phi) is 6.46. The van der Waals surface area contributed by atoms with Gasteiger partial charge in [0.15, 0.2) is 17.3 Å². The number of anilines is 1. The van der Waals surface area contributed by atoms with E-state index < -0.39 is 17.7 Å². The Bertz CT molecular complexity index is 1340. The Balaban J connectivity index is 1.46. The molecule has 0 saturated carbocycles. The van der Waals surface area contributed by atoms with E-state index in [1.54, 1.807) is 29.6 Å². The molecule has 0 aliphatic carbocycles. The Hall–Kier alpha value is -3.40. The summed E-state index contributed by atoms with van der Waals surface area (Å²) >= 11 is 0. The van der Waals surface area contributed by atoms with Crippen molar-refractivity contribution in [1.82, 2.24) is 19.5 Å². The van der Waals surface area contributed by atoms with Gasteiger partial charge in [0, 0.05) is 62.2 Å². The third kappa shape index (κ3) is 4.34. The molecule has 0 spiro atoms. The van der Waals surface area contributed by atoms with Crippen molar-refractivity contribution in [2.24, 2.45) is 10.9 Å². The number of piperidine rings is 1. The highest BCUT2D eigenvalue weighted by atomic mass is 19.2. The van der Waals surface area contributed by atoms with Gasteiger partial charge in [-0.15, -0.1) is 0 Å². The van der Waals surface area contributed by atoms with E-state index >= 15 is 0 Å². The van der Waals surface area contributed by atoms with Crippen LogP contribution in [0.25, 0.3) is 5.65 Å². The lowest BCUT2D eigenvalue weighted by atomic mass is 9.97. The lowest BCUT2D eigenvalue weighted by Gasteiger charge is -2.35. The molecule has 1 aromatic carbocycles. The number of nitrogens with zero attached hydrogens (tertiary/aromatic N) is 6. The van der Waals surface area contributed by atoms with Gasteiger partial charge < -0.3 is 19.9 Å². The summed E-state index contributed by atoms with van der Waals surface area (Å²) in [5.41, 5.74) is 2.85. The van der Waals surface area contributed by atoms with Crippen LogP contribution in [0.3, 0.4) is 0 Å². The molecule has 10 heteroatoms. The van der Waals surface area contributed by atoms with Crippen LogP contribution in [0.2, 0.25) is 0 Å². The molecule has 2 saturated heterocycles. The minimum atomic E-state index is -1.03. The summed E-state index contributed by atoms with van der Waals surface area (Å²) < 4.78 is 29.3. The first-order valence-electron chi connectivity index (χ1n) is 12.3. The molecule has 36 heavy (non-hydrogen) atoms. The lowest BCUT2D eigenvalue weighted by Crippen LogP contribution is -2.39. The number of fused-ring (bicyclic) bond motifs is 1. The summed E-state index contributed by atoms with van der Waals surface area (Å²) in [5.74, 6) is -1.58. The minimum Gasteiger partial charge on any atom is -0.391 e. The molecule has 1 N–H and O–H groups in total. The predicted molar refractivity (Wildman–Crippen MR) is 133 cm³/mol. The average Bonchev–Trinajstić information content (AvgIpc) is 3.43. The molecule has 190 valence electrons. The zero-order chi connectivity index (χ0) is 25.6. The van der Waals surface area contributed by atoms with E-state index in [9.17, 15) is 18.7 Å². The minimum absolute atomic E-state index is 0.0468. The van der Waals surface area contributed by atoms with Gasteiger partial charge >= 0.3 is 0 Å². The van der Waals surface area contributed by atoms with Crippen molar-refractivity contribution in [3.8, 4) is 0 Å². The number of aromatic nitrogens is 3. The number of hydrogen-bond acceptors (Lipinski definition) is 6. The molecule has 3 aromatic rings. The number of aliphatic hydroxyl groups is 1. The standard InChI is InChI=1S/C26H30F2N6O2/c1-15-8-19(27)20(28)9-18(15)26(36)33-7-5-4-6-22(33)21-10-24-30-25(16(2)12-34(24)31-21)32-13-17(11-29-3)23(35)14-32/h8-12,17,22-23,35H,4-7,13-14H2,1-3H3/b29-11+/t17-,22+,23+/m1/s1. The second-order valence-electron chi connectivity index (χ2n) is 9.75. The quantitative estimate of drug-likeness (QED) is 0.559. The maximum absolute atomic E-state index is 13.9. The van der Waals surface area contributed by atoms with Gasteiger partial charge in [-0.1, -0.05) is 0 Å². The number of carbonyl (C=O) groups excluding carboxylic acids is 1. The number of likely N-dealkylation sites (tertiary alicyclic amines) is 1. The Morgan fingerprint density at radius 1 is 1.14 bits per heavy atom. The van der Waals surface area contributed by atoms with Gasteiger partial charge in [-0.25, -0.2) is 18.3 Å². The predicted octanol–water partition coefficient (Wildman–Crippen LogP) is 3.49. The zero-order valence-electron chi connectivity index (χ0n) is 20.7. The van der Waals surface area contributed by atoms with Gasteiger partial charge in [-0.3, -0.25) is 4.79 Å². The van der Waals surface area contributed by atoms with Crippen LogP contribution < -0.4 is 4.90 Å². The first-order chi connectivity index (χ1) is 17.3. The van der Waals surface area contributed by atoms with E-state index in [1.165, 1.54) is 0 Å². The highest BCUT2D eigenvalue weighted by molar-refractivity contribution is 5.96. The SMILES string of the molecule is C/N=C/[C@@H]1CN(c2nc3cc([C@@H]4CCCCN4C(=O)c4cc(F)c(F)cc4C)nn3cc2C)C[C@@H]1O. The molecule has 0 radical (unpaired) electrons. The number of aryl methyl sites for hydroxylation is 2. The van der Waals surface area contributed by atoms with E-state index in [4.69, 9.17) is 10.1 Å². The monoisotopic (exact) mass is 496 g/mol. The van der Waals surface area contributed by atoms with Crippen molar-refractivity contribution in [2.75, 3.05) is 31.6 Å². The highest BCUT2D eigenvalue weighted by Crippen LogP contribution is 2.33. The van der Waals surface area contributed by atoms with E-state index in [-0.39, 0.29) is 23.4 Å². The fourth-order valence-corrected chi connectivity index (χ4v) is 5.34. The van der Waals surface area contributed by atoms with Crippen molar-refractivity contribution in [3.63, 3.8) is 0 Å². The van der Waals surface area contributed by atoms with Crippen molar-refractivity contribution >= 4 is 23.6 Å². The molecule has 0 bridgehead atoms. The highest BCUT2D eigenvalue weighted by Gasteiger charge is 2.34. The van der Waals surface area contributed by atoms with E-state index in [1.807, 2.05) is 19.2 Å². The van der Waals surface area contributed by atoms with E-state index in [0.29, 0.717) is 36.5 Å². The van der Waals surface area contributed by atoms with Crippen LogP contribution in [0.4, 0.5) is 14.6 Å². The Morgan fingerprint density at radius 2 is 1.92 bits per heavy atom. The van der Waals surface area contributed by atoms with Crippen molar-refractivity contribution in [3.05, 3.63) is 58.4 Å². The summed E-state index contributed by atoms with van der Waals surface area (Å²) in [6, 6.07) is 3.64. The lowest BCUT2D eigenvalue weighted by molar-refractivity contribution is 0.0604. The number of halogens is 2. The smallest absolute Gasteiger partial charge is 0.254 e.